The van der Waals surface area contributed by atoms with Crippen LogP contribution in [0.1, 0.15) is 44.9 Å². The summed E-state index contributed by atoms with van der Waals surface area (Å²) in [7, 11) is 0. The van der Waals surface area contributed by atoms with E-state index in [1.807, 2.05) is 55.3 Å². The molecule has 0 unspecified atom stereocenters. The number of benzene rings is 1. The maximum absolute atomic E-state index is 9.52. The number of hydrogen-bond donors (Lipinski definition) is 1. The molecule has 1 fully saturated rings. The minimum absolute atomic E-state index is 0.390. The predicted molar refractivity (Wildman–Crippen MR) is 114 cm³/mol. The lowest BCUT2D eigenvalue weighted by atomic mass is 9.85. The summed E-state index contributed by atoms with van der Waals surface area (Å²) in [6.07, 6.45) is 8.83. The Kier molecular flexibility index (Phi) is 4.24. The van der Waals surface area contributed by atoms with Gasteiger partial charge in [0.15, 0.2) is 5.82 Å². The number of anilines is 3. The molecule has 0 atom stereocenters. The van der Waals surface area contributed by atoms with Gasteiger partial charge in [-0.25, -0.2) is 9.97 Å². The average Bonchev–Trinajstić information content (AvgIpc) is 3.38. The van der Waals surface area contributed by atoms with Crippen molar-refractivity contribution in [1.29, 1.82) is 5.26 Å². The Bertz CT molecular complexity index is 1230. The van der Waals surface area contributed by atoms with E-state index in [0.29, 0.717) is 5.92 Å². The SMILES string of the molecule is CC(C)(C#N)n1cc(N(c2ccccc2)c2nc(C3CCC3)nc3cn[nH]c23)cn1. The summed E-state index contributed by atoms with van der Waals surface area (Å²) in [6.45, 7) is 3.67. The van der Waals surface area contributed by atoms with Gasteiger partial charge in [-0.1, -0.05) is 24.6 Å². The van der Waals surface area contributed by atoms with Gasteiger partial charge in [0.2, 0.25) is 0 Å². The molecule has 8 nitrogen and oxygen atoms in total. The first-order chi connectivity index (χ1) is 14.6. The first-order valence-electron chi connectivity index (χ1n) is 10.1. The molecule has 30 heavy (non-hydrogen) atoms. The Hall–Kier alpha value is -3.73. The van der Waals surface area contributed by atoms with Crippen molar-refractivity contribution < 1.29 is 0 Å². The fourth-order valence-electron chi connectivity index (χ4n) is 3.61. The van der Waals surface area contributed by atoms with Crippen LogP contribution in [-0.2, 0) is 5.54 Å². The lowest BCUT2D eigenvalue weighted by molar-refractivity contribution is 0.402. The van der Waals surface area contributed by atoms with Gasteiger partial charge in [-0.3, -0.25) is 14.7 Å². The van der Waals surface area contributed by atoms with Crippen LogP contribution in [0.3, 0.4) is 0 Å². The van der Waals surface area contributed by atoms with E-state index in [0.717, 1.165) is 46.9 Å². The minimum atomic E-state index is -0.757. The van der Waals surface area contributed by atoms with Gasteiger partial charge >= 0.3 is 0 Å². The number of nitriles is 1. The van der Waals surface area contributed by atoms with Crippen LogP contribution in [0.4, 0.5) is 17.2 Å². The Labute approximate surface area is 174 Å². The fourth-order valence-corrected chi connectivity index (χ4v) is 3.61. The molecular weight excluding hydrogens is 376 g/mol. The van der Waals surface area contributed by atoms with E-state index in [1.165, 1.54) is 6.42 Å². The van der Waals surface area contributed by atoms with Crippen LogP contribution in [-0.4, -0.2) is 29.9 Å². The largest absolute Gasteiger partial charge is 0.290 e. The highest BCUT2D eigenvalue weighted by molar-refractivity contribution is 5.91. The molecule has 0 aliphatic heterocycles. The van der Waals surface area contributed by atoms with Gasteiger partial charge in [-0.15, -0.1) is 0 Å². The van der Waals surface area contributed by atoms with E-state index in [2.05, 4.69) is 21.4 Å². The first-order valence-corrected chi connectivity index (χ1v) is 10.1. The molecule has 0 spiro atoms. The van der Waals surface area contributed by atoms with Crippen LogP contribution >= 0.6 is 0 Å². The van der Waals surface area contributed by atoms with Crippen molar-refractivity contribution >= 4 is 28.2 Å². The van der Waals surface area contributed by atoms with Crippen LogP contribution < -0.4 is 4.90 Å². The van der Waals surface area contributed by atoms with E-state index in [1.54, 1.807) is 17.1 Å². The number of nitrogens with one attached hydrogen (secondary N) is 1. The normalized spacial score (nSPS) is 14.4. The number of hydrogen-bond acceptors (Lipinski definition) is 6. The molecular formula is C22H22N8. The molecule has 1 saturated carbocycles. The third kappa shape index (κ3) is 2.99. The summed E-state index contributed by atoms with van der Waals surface area (Å²) in [5, 5.41) is 21.3. The molecule has 1 aromatic carbocycles. The lowest BCUT2D eigenvalue weighted by Gasteiger charge is -2.27. The maximum atomic E-state index is 9.52. The van der Waals surface area contributed by atoms with Crippen molar-refractivity contribution in [1.82, 2.24) is 29.9 Å². The summed E-state index contributed by atoms with van der Waals surface area (Å²) in [6, 6.07) is 12.3. The number of H-pyrrole nitrogens is 1. The zero-order chi connectivity index (χ0) is 20.7. The van der Waals surface area contributed by atoms with Crippen LogP contribution in [0, 0.1) is 11.3 Å². The van der Waals surface area contributed by atoms with Crippen LogP contribution in [0.5, 0.6) is 0 Å². The van der Waals surface area contributed by atoms with Gasteiger partial charge in [0, 0.05) is 11.6 Å². The Morgan fingerprint density at radius 2 is 1.93 bits per heavy atom. The van der Waals surface area contributed by atoms with Crippen molar-refractivity contribution in [3.8, 4) is 6.07 Å². The van der Waals surface area contributed by atoms with Crippen LogP contribution in [0.2, 0.25) is 0 Å². The highest BCUT2D eigenvalue weighted by atomic mass is 15.3. The van der Waals surface area contributed by atoms with Gasteiger partial charge in [0.1, 0.15) is 22.4 Å². The zero-order valence-electron chi connectivity index (χ0n) is 16.9. The summed E-state index contributed by atoms with van der Waals surface area (Å²) in [5.74, 6) is 1.98. The van der Waals surface area contributed by atoms with E-state index in [4.69, 9.17) is 9.97 Å². The highest BCUT2D eigenvalue weighted by Crippen LogP contribution is 2.40. The van der Waals surface area contributed by atoms with Gasteiger partial charge in [0.25, 0.3) is 0 Å². The second kappa shape index (κ2) is 6.95. The second-order valence-electron chi connectivity index (χ2n) is 8.15. The third-order valence-electron chi connectivity index (χ3n) is 5.67. The van der Waals surface area contributed by atoms with Crippen molar-refractivity contribution in [3.05, 3.63) is 54.7 Å². The molecule has 0 amide bonds. The van der Waals surface area contributed by atoms with E-state index in [9.17, 15) is 5.26 Å². The second-order valence-corrected chi connectivity index (χ2v) is 8.15. The monoisotopic (exact) mass is 398 g/mol. The molecule has 1 aliphatic rings. The molecule has 4 aromatic rings. The molecule has 3 aromatic heterocycles. The van der Waals surface area contributed by atoms with Gasteiger partial charge in [-0.2, -0.15) is 15.5 Å². The summed E-state index contributed by atoms with van der Waals surface area (Å²) in [4.78, 5) is 11.8. The van der Waals surface area contributed by atoms with Gasteiger partial charge < -0.3 is 0 Å². The predicted octanol–water partition coefficient (Wildman–Crippen LogP) is 4.55. The number of para-hydroxylation sites is 1. The summed E-state index contributed by atoms with van der Waals surface area (Å²) < 4.78 is 1.68. The Balaban J connectivity index is 1.71. The number of aromatic amines is 1. The van der Waals surface area contributed by atoms with Crippen LogP contribution in [0.25, 0.3) is 11.0 Å². The molecule has 8 heteroatoms. The molecule has 5 rings (SSSR count). The standard InChI is InChI=1S/C22H22N8/c1-22(2,14-23)29-13-17(11-25-29)30(16-9-4-3-5-10-16)21-19-18(12-24-28-19)26-20(27-21)15-7-6-8-15/h3-5,9-13,15H,6-8H2,1-2H3,(H,24,28). The zero-order valence-corrected chi connectivity index (χ0v) is 16.9. The van der Waals surface area contributed by atoms with Crippen LogP contribution in [0.15, 0.2) is 48.9 Å². The van der Waals surface area contributed by atoms with E-state index < -0.39 is 5.54 Å². The number of rotatable bonds is 5. The Morgan fingerprint density at radius 1 is 1.13 bits per heavy atom. The summed E-state index contributed by atoms with van der Waals surface area (Å²) >= 11 is 0. The van der Waals surface area contributed by atoms with E-state index >= 15 is 0 Å². The maximum Gasteiger partial charge on any atom is 0.167 e. The first kappa shape index (κ1) is 18.3. The smallest absolute Gasteiger partial charge is 0.167 e. The van der Waals surface area contributed by atoms with Gasteiger partial charge in [0.05, 0.1) is 30.3 Å². The highest BCUT2D eigenvalue weighted by Gasteiger charge is 2.28. The number of nitrogens with zero attached hydrogens (tertiary/aromatic N) is 7. The average molecular weight is 398 g/mol. The molecule has 3 heterocycles. The molecule has 0 bridgehead atoms. The minimum Gasteiger partial charge on any atom is -0.290 e. The number of aromatic nitrogens is 6. The third-order valence-corrected chi connectivity index (χ3v) is 5.67. The number of fused-ring (bicyclic) bond motifs is 1. The molecule has 150 valence electrons. The topological polar surface area (TPSA) is 99.3 Å². The molecule has 1 N–H and O–H groups in total. The Morgan fingerprint density at radius 3 is 2.63 bits per heavy atom. The summed E-state index contributed by atoms with van der Waals surface area (Å²) in [5.41, 5.74) is 2.58. The quantitative estimate of drug-likeness (QED) is 0.530. The molecule has 0 saturated heterocycles. The van der Waals surface area contributed by atoms with Crippen molar-refractivity contribution in [3.63, 3.8) is 0 Å². The van der Waals surface area contributed by atoms with Crippen molar-refractivity contribution in [2.24, 2.45) is 0 Å². The van der Waals surface area contributed by atoms with Crippen molar-refractivity contribution in [2.75, 3.05) is 4.90 Å². The molecule has 0 radical (unpaired) electrons. The van der Waals surface area contributed by atoms with Gasteiger partial charge in [-0.05, 0) is 38.8 Å². The van der Waals surface area contributed by atoms with Crippen molar-refractivity contribution in [2.45, 2.75) is 44.6 Å². The van der Waals surface area contributed by atoms with E-state index in [-0.39, 0.29) is 0 Å². The molecule has 1 aliphatic carbocycles. The fraction of sp³-hybridized carbons (Fsp3) is 0.318. The lowest BCUT2D eigenvalue weighted by Crippen LogP contribution is -2.24.